The number of anilines is 1. The van der Waals surface area contributed by atoms with Crippen LogP contribution in [0.5, 0.6) is 0 Å². The van der Waals surface area contributed by atoms with Crippen molar-refractivity contribution >= 4 is 11.6 Å². The summed E-state index contributed by atoms with van der Waals surface area (Å²) in [5.41, 5.74) is 2.09. The van der Waals surface area contributed by atoms with Crippen molar-refractivity contribution < 1.29 is 9.72 Å². The van der Waals surface area contributed by atoms with Gasteiger partial charge >= 0.3 is 0 Å². The van der Waals surface area contributed by atoms with E-state index in [1.165, 1.54) is 0 Å². The first-order chi connectivity index (χ1) is 12.0. The van der Waals surface area contributed by atoms with Crippen LogP contribution in [-0.4, -0.2) is 35.4 Å². The molecule has 1 saturated heterocycles. The number of nitro groups is 1. The Labute approximate surface area is 145 Å². The molecule has 128 valence electrons. The summed E-state index contributed by atoms with van der Waals surface area (Å²) in [5, 5.41) is 15.0. The molecular formula is C19H19N3O3. The first-order valence-electron chi connectivity index (χ1n) is 8.28. The van der Waals surface area contributed by atoms with E-state index in [1.807, 2.05) is 54.3 Å². The Hall–Kier alpha value is -2.73. The number of aryl methyl sites for hydroxylation is 1. The molecule has 2 aromatic carbocycles. The topological polar surface area (TPSA) is 75.5 Å². The number of fused-ring (bicyclic) bond motifs is 2. The Morgan fingerprint density at radius 2 is 1.88 bits per heavy atom. The minimum Gasteiger partial charge on any atom is -0.324 e. The smallest absolute Gasteiger partial charge is 0.256 e. The van der Waals surface area contributed by atoms with Gasteiger partial charge in [-0.1, -0.05) is 48.0 Å². The zero-order valence-corrected chi connectivity index (χ0v) is 14.1. The number of nitrogens with one attached hydrogen (secondary N) is 1. The molecule has 25 heavy (non-hydrogen) atoms. The number of carbonyl (C=O) groups excluding carboxylic acids is 1. The van der Waals surface area contributed by atoms with E-state index in [4.69, 9.17) is 0 Å². The maximum Gasteiger partial charge on any atom is 0.256 e. The predicted molar refractivity (Wildman–Crippen MR) is 94.1 cm³/mol. The summed E-state index contributed by atoms with van der Waals surface area (Å²) < 4.78 is 0. The fourth-order valence-electron chi connectivity index (χ4n) is 4.39. The van der Waals surface area contributed by atoms with Crippen molar-refractivity contribution in [3.05, 3.63) is 75.3 Å². The molecule has 4 rings (SSSR count). The quantitative estimate of drug-likeness (QED) is 0.675. The second-order valence-corrected chi connectivity index (χ2v) is 6.89. The SMILES string of the molecule is Cc1ccc([C@@H]2CN(C)[C@@]3(C(=O)Nc4ccccc43)[C@@H]2[N+](=O)[O-])cc1. The van der Waals surface area contributed by atoms with E-state index in [0.29, 0.717) is 17.8 Å². The van der Waals surface area contributed by atoms with Crippen LogP contribution < -0.4 is 5.32 Å². The minimum absolute atomic E-state index is 0.282. The summed E-state index contributed by atoms with van der Waals surface area (Å²) in [6.07, 6.45) is 0. The number of hydrogen-bond acceptors (Lipinski definition) is 4. The van der Waals surface area contributed by atoms with Gasteiger partial charge in [0.1, 0.15) is 0 Å². The number of likely N-dealkylation sites (tertiary alicyclic amines) is 1. The largest absolute Gasteiger partial charge is 0.324 e. The predicted octanol–water partition coefficient (Wildman–Crippen LogP) is 2.52. The molecule has 1 amide bonds. The lowest BCUT2D eigenvalue weighted by Gasteiger charge is -2.30. The lowest BCUT2D eigenvalue weighted by Crippen LogP contribution is -2.54. The summed E-state index contributed by atoms with van der Waals surface area (Å²) in [5.74, 6) is -0.662. The summed E-state index contributed by atoms with van der Waals surface area (Å²) in [6, 6.07) is 14.0. The molecule has 2 aliphatic rings. The number of carbonyl (C=O) groups is 1. The standard InChI is InChI=1S/C19H19N3O3/c1-12-7-9-13(10-8-12)14-11-21(2)19(17(14)22(24)25)15-5-3-4-6-16(15)20-18(19)23/h3-10,14,17H,11H2,1-2H3,(H,20,23)/t14-,17+,19+/m0/s1. The van der Waals surface area contributed by atoms with E-state index in [0.717, 1.165) is 11.1 Å². The van der Waals surface area contributed by atoms with Crippen LogP contribution in [0.2, 0.25) is 0 Å². The first-order valence-corrected chi connectivity index (χ1v) is 8.28. The van der Waals surface area contributed by atoms with Crippen LogP contribution >= 0.6 is 0 Å². The highest BCUT2D eigenvalue weighted by Crippen LogP contribution is 2.51. The second-order valence-electron chi connectivity index (χ2n) is 6.89. The lowest BCUT2D eigenvalue weighted by atomic mass is 9.79. The van der Waals surface area contributed by atoms with Gasteiger partial charge in [0.05, 0.1) is 5.92 Å². The number of para-hydroxylation sites is 1. The van der Waals surface area contributed by atoms with E-state index < -0.39 is 11.6 Å². The molecule has 3 atom stereocenters. The van der Waals surface area contributed by atoms with Crippen molar-refractivity contribution in [2.24, 2.45) is 0 Å². The van der Waals surface area contributed by atoms with Crippen molar-refractivity contribution in [2.75, 3.05) is 18.9 Å². The summed E-state index contributed by atoms with van der Waals surface area (Å²) in [7, 11) is 1.80. The van der Waals surface area contributed by atoms with Gasteiger partial charge in [-0.3, -0.25) is 19.8 Å². The highest BCUT2D eigenvalue weighted by atomic mass is 16.6. The van der Waals surface area contributed by atoms with E-state index >= 15 is 0 Å². The molecule has 2 heterocycles. The van der Waals surface area contributed by atoms with Gasteiger partial charge in [-0.15, -0.1) is 0 Å². The fourth-order valence-corrected chi connectivity index (χ4v) is 4.39. The summed E-state index contributed by atoms with van der Waals surface area (Å²) in [4.78, 5) is 26.6. The van der Waals surface area contributed by atoms with Crippen molar-refractivity contribution in [3.8, 4) is 0 Å². The van der Waals surface area contributed by atoms with Crippen LogP contribution in [0.25, 0.3) is 0 Å². The van der Waals surface area contributed by atoms with Gasteiger partial charge in [0.25, 0.3) is 11.9 Å². The minimum atomic E-state index is -1.27. The molecule has 6 heteroatoms. The van der Waals surface area contributed by atoms with Crippen LogP contribution in [0.1, 0.15) is 22.6 Å². The maximum atomic E-state index is 13.0. The van der Waals surface area contributed by atoms with Crippen molar-refractivity contribution in [1.82, 2.24) is 4.90 Å². The van der Waals surface area contributed by atoms with Gasteiger partial charge in [-0.25, -0.2) is 0 Å². The van der Waals surface area contributed by atoms with Crippen LogP contribution in [0, 0.1) is 17.0 Å². The molecule has 0 aromatic heterocycles. The third kappa shape index (κ3) is 2.04. The normalized spacial score (nSPS) is 28.2. The number of rotatable bonds is 2. The van der Waals surface area contributed by atoms with Crippen molar-refractivity contribution in [2.45, 2.75) is 24.4 Å². The van der Waals surface area contributed by atoms with Gasteiger partial charge in [0.2, 0.25) is 0 Å². The first kappa shape index (κ1) is 15.8. The third-order valence-electron chi connectivity index (χ3n) is 5.55. The molecular weight excluding hydrogens is 318 g/mol. The number of hydrogen-bond donors (Lipinski definition) is 1. The molecule has 2 aliphatic heterocycles. The molecule has 0 bridgehead atoms. The Morgan fingerprint density at radius 3 is 2.56 bits per heavy atom. The highest BCUT2D eigenvalue weighted by molar-refractivity contribution is 6.06. The van der Waals surface area contributed by atoms with Crippen molar-refractivity contribution in [3.63, 3.8) is 0 Å². The summed E-state index contributed by atoms with van der Waals surface area (Å²) in [6.45, 7) is 2.44. The number of benzene rings is 2. The maximum absolute atomic E-state index is 13.0. The van der Waals surface area contributed by atoms with Gasteiger partial charge in [0, 0.05) is 22.7 Å². The average Bonchev–Trinajstić information content (AvgIpc) is 3.05. The molecule has 0 unspecified atom stereocenters. The average molecular weight is 337 g/mol. The Balaban J connectivity index is 1.90. The molecule has 0 saturated carbocycles. The van der Waals surface area contributed by atoms with Gasteiger partial charge in [-0.05, 0) is 25.6 Å². The van der Waals surface area contributed by atoms with Crippen LogP contribution in [0.4, 0.5) is 5.69 Å². The van der Waals surface area contributed by atoms with Crippen LogP contribution in [0.3, 0.4) is 0 Å². The number of likely N-dealkylation sites (N-methyl/N-ethyl adjacent to an activating group) is 1. The van der Waals surface area contributed by atoms with E-state index in [9.17, 15) is 14.9 Å². The third-order valence-corrected chi connectivity index (χ3v) is 5.55. The van der Waals surface area contributed by atoms with E-state index in [1.54, 1.807) is 13.1 Å². The highest BCUT2D eigenvalue weighted by Gasteiger charge is 2.68. The van der Waals surface area contributed by atoms with E-state index in [2.05, 4.69) is 5.32 Å². The number of amides is 1. The molecule has 0 radical (unpaired) electrons. The zero-order chi connectivity index (χ0) is 17.8. The molecule has 6 nitrogen and oxygen atoms in total. The number of nitrogens with zero attached hydrogens (tertiary/aromatic N) is 2. The monoisotopic (exact) mass is 337 g/mol. The Bertz CT molecular complexity index is 864. The van der Waals surface area contributed by atoms with E-state index in [-0.39, 0.29) is 16.7 Å². The van der Waals surface area contributed by atoms with Crippen molar-refractivity contribution in [1.29, 1.82) is 0 Å². The second kappa shape index (κ2) is 5.39. The molecule has 1 N–H and O–H groups in total. The summed E-state index contributed by atoms with van der Waals surface area (Å²) >= 11 is 0. The van der Waals surface area contributed by atoms with Crippen LogP contribution in [0.15, 0.2) is 48.5 Å². The van der Waals surface area contributed by atoms with Gasteiger partial charge in [0.15, 0.2) is 5.54 Å². The van der Waals surface area contributed by atoms with Gasteiger partial charge in [-0.2, -0.15) is 0 Å². The van der Waals surface area contributed by atoms with Gasteiger partial charge < -0.3 is 5.32 Å². The zero-order valence-electron chi connectivity index (χ0n) is 14.1. The molecule has 1 fully saturated rings. The Morgan fingerprint density at radius 1 is 1.20 bits per heavy atom. The Kier molecular flexibility index (Phi) is 3.40. The van der Waals surface area contributed by atoms with Crippen LogP contribution in [-0.2, 0) is 10.3 Å². The lowest BCUT2D eigenvalue weighted by molar-refractivity contribution is -0.534. The molecule has 1 spiro atoms. The fraction of sp³-hybridized carbons (Fsp3) is 0.316. The molecule has 0 aliphatic carbocycles. The molecule has 2 aromatic rings.